The normalized spacial score (nSPS) is 16.2. The molecule has 1 heterocycles. The highest BCUT2D eigenvalue weighted by molar-refractivity contribution is 7.11. The molecule has 0 aromatic carbocycles. The van der Waals surface area contributed by atoms with Gasteiger partial charge in [-0.15, -0.1) is 11.3 Å². The lowest BCUT2D eigenvalue weighted by atomic mass is 9.98. The number of thiazole rings is 1. The first-order valence-corrected chi connectivity index (χ1v) is 7.72. The molecule has 1 saturated carbocycles. The van der Waals surface area contributed by atoms with Gasteiger partial charge in [-0.2, -0.15) is 0 Å². The quantitative estimate of drug-likeness (QED) is 0.823. The maximum atomic E-state index is 5.80. The van der Waals surface area contributed by atoms with E-state index in [0.29, 0.717) is 5.92 Å². The minimum Gasteiger partial charge on any atom is -0.371 e. The van der Waals surface area contributed by atoms with Crippen LogP contribution in [-0.2, 0) is 16.9 Å². The van der Waals surface area contributed by atoms with Gasteiger partial charge in [0.2, 0.25) is 0 Å². The summed E-state index contributed by atoms with van der Waals surface area (Å²) in [5.41, 5.74) is 1.15. The summed E-state index contributed by atoms with van der Waals surface area (Å²) in [6.45, 7) is 5.29. The van der Waals surface area contributed by atoms with Crippen LogP contribution >= 0.6 is 11.3 Å². The van der Waals surface area contributed by atoms with E-state index >= 15 is 0 Å². The Bertz CT molecular complexity index is 386. The van der Waals surface area contributed by atoms with Crippen LogP contribution in [0.15, 0.2) is 0 Å². The predicted molar refractivity (Wildman–Crippen MR) is 76.1 cm³/mol. The van der Waals surface area contributed by atoms with Gasteiger partial charge >= 0.3 is 0 Å². The van der Waals surface area contributed by atoms with Crippen LogP contribution in [0.4, 0.5) is 0 Å². The Labute approximate surface area is 114 Å². The van der Waals surface area contributed by atoms with Gasteiger partial charge in [0.15, 0.2) is 0 Å². The van der Waals surface area contributed by atoms with Gasteiger partial charge in [-0.25, -0.2) is 4.98 Å². The number of methoxy groups -OCH3 is 1. The summed E-state index contributed by atoms with van der Waals surface area (Å²) in [6, 6.07) is 0. The van der Waals surface area contributed by atoms with E-state index in [1.54, 1.807) is 0 Å². The first-order chi connectivity index (χ1) is 8.70. The molecule has 1 N–H and O–H groups in total. The van der Waals surface area contributed by atoms with Gasteiger partial charge in [-0.05, 0) is 32.7 Å². The Morgan fingerprint density at radius 2 is 2.06 bits per heavy atom. The van der Waals surface area contributed by atoms with Crippen LogP contribution < -0.4 is 5.32 Å². The fourth-order valence-electron chi connectivity index (χ4n) is 2.45. The van der Waals surface area contributed by atoms with E-state index in [2.05, 4.69) is 19.2 Å². The van der Waals surface area contributed by atoms with Crippen molar-refractivity contribution in [1.29, 1.82) is 0 Å². The predicted octanol–water partition coefficient (Wildman–Crippen LogP) is 3.40. The van der Waals surface area contributed by atoms with Crippen LogP contribution in [0.2, 0.25) is 0 Å². The largest absolute Gasteiger partial charge is 0.371 e. The van der Waals surface area contributed by atoms with E-state index in [9.17, 15) is 0 Å². The van der Waals surface area contributed by atoms with Crippen molar-refractivity contribution in [3.8, 4) is 0 Å². The number of hydrogen-bond donors (Lipinski definition) is 1. The van der Waals surface area contributed by atoms with E-state index in [1.807, 2.05) is 25.5 Å². The maximum absolute atomic E-state index is 5.80. The van der Waals surface area contributed by atoms with Crippen LogP contribution in [0, 0.1) is 0 Å². The van der Waals surface area contributed by atoms with Crippen molar-refractivity contribution in [2.24, 2.45) is 0 Å². The van der Waals surface area contributed by atoms with Gasteiger partial charge in [0.25, 0.3) is 0 Å². The van der Waals surface area contributed by atoms with Crippen LogP contribution in [0.3, 0.4) is 0 Å². The molecule has 2 rings (SSSR count). The van der Waals surface area contributed by atoms with Crippen LogP contribution in [0.5, 0.6) is 0 Å². The summed E-state index contributed by atoms with van der Waals surface area (Å²) in [6.07, 6.45) is 4.57. The summed E-state index contributed by atoms with van der Waals surface area (Å²) in [5.74, 6) is 0.710. The van der Waals surface area contributed by atoms with Crippen molar-refractivity contribution in [2.75, 3.05) is 14.2 Å². The topological polar surface area (TPSA) is 34.1 Å². The Kier molecular flexibility index (Phi) is 4.41. The number of rotatable bonds is 7. The van der Waals surface area contributed by atoms with E-state index in [1.165, 1.54) is 28.4 Å². The summed E-state index contributed by atoms with van der Waals surface area (Å²) in [5, 5.41) is 4.42. The smallest absolute Gasteiger partial charge is 0.125 e. The van der Waals surface area contributed by atoms with Gasteiger partial charge in [0, 0.05) is 24.4 Å². The van der Waals surface area contributed by atoms with Crippen LogP contribution in [-0.4, -0.2) is 19.1 Å². The van der Waals surface area contributed by atoms with Crippen molar-refractivity contribution in [1.82, 2.24) is 10.3 Å². The zero-order valence-corrected chi connectivity index (χ0v) is 12.7. The Morgan fingerprint density at radius 3 is 2.50 bits per heavy atom. The molecule has 1 aliphatic carbocycles. The minimum absolute atomic E-state index is 0.180. The fourth-order valence-corrected chi connectivity index (χ4v) is 3.92. The molecule has 0 saturated heterocycles. The molecule has 0 bridgehead atoms. The van der Waals surface area contributed by atoms with Crippen molar-refractivity contribution in [3.05, 3.63) is 15.6 Å². The van der Waals surface area contributed by atoms with E-state index in [-0.39, 0.29) is 5.60 Å². The van der Waals surface area contributed by atoms with Crippen molar-refractivity contribution in [3.63, 3.8) is 0 Å². The first kappa shape index (κ1) is 14.0. The summed E-state index contributed by atoms with van der Waals surface area (Å²) in [4.78, 5) is 6.33. The lowest BCUT2D eigenvalue weighted by molar-refractivity contribution is -0.0219. The molecule has 0 radical (unpaired) electrons. The number of aromatic nitrogens is 1. The Morgan fingerprint density at radius 1 is 1.39 bits per heavy atom. The summed E-state index contributed by atoms with van der Waals surface area (Å²) >= 11 is 1.83. The molecule has 1 fully saturated rings. The molecular formula is C14H24N2OS. The van der Waals surface area contributed by atoms with Gasteiger partial charge in [0.05, 0.1) is 5.69 Å². The molecule has 0 unspecified atom stereocenters. The molecule has 0 amide bonds. The third-order valence-corrected chi connectivity index (χ3v) is 5.21. The number of ether oxygens (including phenoxy) is 1. The van der Waals surface area contributed by atoms with Crippen molar-refractivity contribution < 1.29 is 4.74 Å². The SMILES string of the molecule is CCC(CC)(OC)c1nc(C2CC2)c(CNC)s1. The molecule has 0 spiro atoms. The highest BCUT2D eigenvalue weighted by atomic mass is 32.1. The molecule has 4 heteroatoms. The standard InChI is InChI=1S/C14H24N2OS/c1-5-14(6-2,17-4)13-16-12(10-7-8-10)11(18-13)9-15-3/h10,15H,5-9H2,1-4H3. The van der Waals surface area contributed by atoms with Gasteiger partial charge in [-0.1, -0.05) is 13.8 Å². The fraction of sp³-hybridized carbons (Fsp3) is 0.786. The highest BCUT2D eigenvalue weighted by Gasteiger charge is 2.36. The number of nitrogens with one attached hydrogen (secondary N) is 1. The van der Waals surface area contributed by atoms with Crippen molar-refractivity contribution >= 4 is 11.3 Å². The molecule has 1 aromatic rings. The maximum Gasteiger partial charge on any atom is 0.125 e. The number of nitrogens with zero attached hydrogens (tertiary/aromatic N) is 1. The van der Waals surface area contributed by atoms with E-state index in [0.717, 1.165) is 19.4 Å². The molecular weight excluding hydrogens is 244 g/mol. The molecule has 0 aliphatic heterocycles. The number of hydrogen-bond acceptors (Lipinski definition) is 4. The lowest BCUT2D eigenvalue weighted by Crippen LogP contribution is -2.26. The average molecular weight is 268 g/mol. The average Bonchev–Trinajstić information content (AvgIpc) is 3.15. The molecule has 0 atom stereocenters. The van der Waals surface area contributed by atoms with Crippen molar-refractivity contribution in [2.45, 2.75) is 57.6 Å². The molecule has 1 aliphatic rings. The van der Waals surface area contributed by atoms with E-state index in [4.69, 9.17) is 9.72 Å². The third-order valence-electron chi connectivity index (χ3n) is 3.95. The van der Waals surface area contributed by atoms with Gasteiger partial charge in [0.1, 0.15) is 10.6 Å². The minimum atomic E-state index is -0.180. The summed E-state index contributed by atoms with van der Waals surface area (Å²) in [7, 11) is 3.81. The molecule has 18 heavy (non-hydrogen) atoms. The summed E-state index contributed by atoms with van der Waals surface area (Å²) < 4.78 is 5.80. The van der Waals surface area contributed by atoms with Crippen LogP contribution in [0.1, 0.15) is 61.0 Å². The Balaban J connectivity index is 2.35. The monoisotopic (exact) mass is 268 g/mol. The molecule has 1 aromatic heterocycles. The second-order valence-electron chi connectivity index (χ2n) is 5.04. The molecule has 3 nitrogen and oxygen atoms in total. The van der Waals surface area contributed by atoms with Gasteiger partial charge in [-0.3, -0.25) is 0 Å². The second-order valence-corrected chi connectivity index (χ2v) is 6.12. The zero-order chi connectivity index (χ0) is 13.2. The zero-order valence-electron chi connectivity index (χ0n) is 11.9. The Hall–Kier alpha value is -0.450. The second kappa shape index (κ2) is 5.68. The lowest BCUT2D eigenvalue weighted by Gasteiger charge is -2.27. The third kappa shape index (κ3) is 2.46. The highest BCUT2D eigenvalue weighted by Crippen LogP contribution is 2.45. The van der Waals surface area contributed by atoms with Crippen LogP contribution in [0.25, 0.3) is 0 Å². The van der Waals surface area contributed by atoms with E-state index < -0.39 is 0 Å². The van der Waals surface area contributed by atoms with Gasteiger partial charge < -0.3 is 10.1 Å². The molecule has 102 valence electrons. The first-order valence-electron chi connectivity index (χ1n) is 6.90.